The smallest absolute Gasteiger partial charge is 0.325 e. The molecule has 3 rings (SSSR count). The van der Waals surface area contributed by atoms with E-state index < -0.39 is 79.7 Å². The van der Waals surface area contributed by atoms with E-state index in [-0.39, 0.29) is 6.42 Å². The van der Waals surface area contributed by atoms with Crippen LogP contribution >= 0.6 is 0 Å². The highest BCUT2D eigenvalue weighted by molar-refractivity contribution is 6.11. The summed E-state index contributed by atoms with van der Waals surface area (Å²) in [5.74, 6) is -4.67. The Kier molecular flexibility index (Phi) is 7.74. The highest BCUT2D eigenvalue weighted by Gasteiger charge is 2.41. The summed E-state index contributed by atoms with van der Waals surface area (Å²) in [7, 11) is 0. The molecule has 202 valence electrons. The Bertz CT molecular complexity index is 1230. The van der Waals surface area contributed by atoms with Gasteiger partial charge < -0.3 is 10.6 Å². The average molecular weight is 546 g/mol. The first-order valence-electron chi connectivity index (χ1n) is 10.6. The number of benzene rings is 2. The molecule has 1 atom stereocenters. The van der Waals surface area contributed by atoms with Crippen molar-refractivity contribution in [1.29, 1.82) is 0 Å². The van der Waals surface area contributed by atoms with Gasteiger partial charge in [0.2, 0.25) is 11.8 Å². The zero-order valence-corrected chi connectivity index (χ0v) is 18.8. The summed E-state index contributed by atoms with van der Waals surface area (Å²) in [5, 5.41) is 26.1. The summed E-state index contributed by atoms with van der Waals surface area (Å²) in [6, 6.07) is 3.35. The minimum atomic E-state index is -5.14. The molecule has 1 aliphatic rings. The highest BCUT2D eigenvalue weighted by atomic mass is 19.4. The summed E-state index contributed by atoms with van der Waals surface area (Å²) in [6.45, 7) is 0. The van der Waals surface area contributed by atoms with Crippen molar-refractivity contribution in [2.24, 2.45) is 11.8 Å². The van der Waals surface area contributed by atoms with Crippen molar-refractivity contribution in [2.45, 2.75) is 25.2 Å². The maximum atomic E-state index is 13.3. The molecule has 0 radical (unpaired) electrons. The van der Waals surface area contributed by atoms with E-state index in [1.807, 2.05) is 0 Å². The Morgan fingerprint density at radius 3 is 1.55 bits per heavy atom. The van der Waals surface area contributed by atoms with Crippen LogP contribution in [0.3, 0.4) is 0 Å². The van der Waals surface area contributed by atoms with E-state index in [9.17, 15) is 56.2 Å². The molecule has 10 nitrogen and oxygen atoms in total. The molecule has 1 aliphatic carbocycles. The lowest BCUT2D eigenvalue weighted by Gasteiger charge is -2.22. The highest BCUT2D eigenvalue weighted by Crippen LogP contribution is 2.39. The van der Waals surface area contributed by atoms with Gasteiger partial charge in [0.15, 0.2) is 0 Å². The molecule has 0 spiro atoms. The van der Waals surface area contributed by atoms with Gasteiger partial charge in [-0.25, -0.2) is 0 Å². The molecule has 38 heavy (non-hydrogen) atoms. The standard InChI is InChI=1S/C22H16F6N4O6/c23-21(24,25)14-9-12(5-7-16(14)31(35)36)29-19(33)18(11-3-1-2-4-11)20(34)30-13-6-8-17(32(37)38)15(10-13)22(26,27)28/h1,3,5-11,18H,2,4H2,(H,29,33)(H,30,34). The molecule has 2 aromatic carbocycles. The first-order chi connectivity index (χ1) is 17.6. The number of carbonyl (C=O) groups is 2. The predicted molar refractivity (Wildman–Crippen MR) is 119 cm³/mol. The van der Waals surface area contributed by atoms with Crippen molar-refractivity contribution in [3.05, 3.63) is 79.9 Å². The lowest BCUT2D eigenvalue weighted by molar-refractivity contribution is -0.388. The molecule has 2 N–H and O–H groups in total. The van der Waals surface area contributed by atoms with Crippen molar-refractivity contribution >= 4 is 34.6 Å². The number of alkyl halides is 6. The number of nitro benzene ring substituents is 2. The van der Waals surface area contributed by atoms with Gasteiger partial charge in [-0.05, 0) is 43.0 Å². The van der Waals surface area contributed by atoms with Crippen molar-refractivity contribution < 1.29 is 45.8 Å². The normalized spacial score (nSPS) is 15.4. The molecule has 0 saturated heterocycles. The zero-order chi connectivity index (χ0) is 28.4. The molecule has 2 aromatic rings. The fourth-order valence-electron chi connectivity index (χ4n) is 3.88. The molecule has 2 amide bonds. The quantitative estimate of drug-likeness (QED) is 0.150. The van der Waals surface area contributed by atoms with Gasteiger partial charge in [0.05, 0.1) is 9.85 Å². The minimum Gasteiger partial charge on any atom is -0.325 e. The van der Waals surface area contributed by atoms with Crippen LogP contribution in [-0.4, -0.2) is 21.7 Å². The topological polar surface area (TPSA) is 144 Å². The molecular formula is C22H16F6N4O6. The molecule has 0 fully saturated rings. The van der Waals surface area contributed by atoms with Crippen LogP contribution in [0.1, 0.15) is 24.0 Å². The molecule has 0 bridgehead atoms. The molecule has 16 heteroatoms. The second kappa shape index (κ2) is 10.5. The van der Waals surface area contributed by atoms with Gasteiger partial charge >= 0.3 is 12.4 Å². The van der Waals surface area contributed by atoms with Gasteiger partial charge in [-0.3, -0.25) is 29.8 Å². The number of rotatable bonds is 7. The van der Waals surface area contributed by atoms with E-state index in [2.05, 4.69) is 10.6 Å². The Labute approximate surface area is 208 Å². The number of nitrogens with zero attached hydrogens (tertiary/aromatic N) is 2. The van der Waals surface area contributed by atoms with Crippen LogP contribution < -0.4 is 10.6 Å². The number of hydrogen-bond acceptors (Lipinski definition) is 6. The minimum absolute atomic E-state index is 0.258. The van der Waals surface area contributed by atoms with Crippen LogP contribution in [0.5, 0.6) is 0 Å². The Morgan fingerprint density at radius 1 is 0.816 bits per heavy atom. The summed E-state index contributed by atoms with van der Waals surface area (Å²) in [4.78, 5) is 45.4. The van der Waals surface area contributed by atoms with Crippen LogP contribution in [0.25, 0.3) is 0 Å². The monoisotopic (exact) mass is 546 g/mol. The van der Waals surface area contributed by atoms with Crippen LogP contribution in [0.15, 0.2) is 48.6 Å². The van der Waals surface area contributed by atoms with Gasteiger partial charge in [0, 0.05) is 23.5 Å². The average Bonchev–Trinajstić information content (AvgIpc) is 3.31. The number of anilines is 2. The van der Waals surface area contributed by atoms with Crippen LogP contribution in [-0.2, 0) is 21.9 Å². The molecular weight excluding hydrogens is 530 g/mol. The van der Waals surface area contributed by atoms with Gasteiger partial charge in [-0.15, -0.1) is 0 Å². The first-order valence-corrected chi connectivity index (χ1v) is 10.6. The van der Waals surface area contributed by atoms with Gasteiger partial charge in [-0.1, -0.05) is 12.2 Å². The van der Waals surface area contributed by atoms with E-state index in [1.165, 1.54) is 6.08 Å². The van der Waals surface area contributed by atoms with Crippen molar-refractivity contribution in [3.63, 3.8) is 0 Å². The van der Waals surface area contributed by atoms with Crippen molar-refractivity contribution in [3.8, 4) is 0 Å². The third-order valence-corrected chi connectivity index (χ3v) is 5.58. The number of hydrogen-bond donors (Lipinski definition) is 2. The fourth-order valence-corrected chi connectivity index (χ4v) is 3.88. The van der Waals surface area contributed by atoms with Crippen LogP contribution in [0.4, 0.5) is 49.1 Å². The van der Waals surface area contributed by atoms with Crippen molar-refractivity contribution in [1.82, 2.24) is 0 Å². The predicted octanol–water partition coefficient (Wildman–Crippen LogP) is 5.70. The van der Waals surface area contributed by atoms with E-state index >= 15 is 0 Å². The molecule has 0 saturated carbocycles. The van der Waals surface area contributed by atoms with E-state index in [4.69, 9.17) is 0 Å². The fraction of sp³-hybridized carbons (Fsp3) is 0.273. The second-order valence-corrected chi connectivity index (χ2v) is 8.10. The Morgan fingerprint density at radius 2 is 1.24 bits per heavy atom. The van der Waals surface area contributed by atoms with Crippen LogP contribution in [0.2, 0.25) is 0 Å². The number of nitro groups is 2. The van der Waals surface area contributed by atoms with Gasteiger partial charge in [0.1, 0.15) is 17.0 Å². The Balaban J connectivity index is 1.92. The van der Waals surface area contributed by atoms with Gasteiger partial charge in [0.25, 0.3) is 11.4 Å². The molecule has 0 heterocycles. The van der Waals surface area contributed by atoms with E-state index in [0.717, 1.165) is 12.1 Å². The first kappa shape index (κ1) is 28.1. The SMILES string of the molecule is O=C(Nc1ccc([N+](=O)[O-])c(C(F)(F)F)c1)C(C(=O)Nc1ccc([N+](=O)[O-])c(C(F)(F)F)c1)C1C=CCC1. The lowest BCUT2D eigenvalue weighted by atomic mass is 9.89. The number of carbonyl (C=O) groups excluding carboxylic acids is 2. The number of allylic oxidation sites excluding steroid dienone is 2. The lowest BCUT2D eigenvalue weighted by Crippen LogP contribution is -2.38. The Hall–Kier alpha value is -4.50. The largest absolute Gasteiger partial charge is 0.423 e. The van der Waals surface area contributed by atoms with E-state index in [0.29, 0.717) is 30.7 Å². The van der Waals surface area contributed by atoms with Crippen molar-refractivity contribution in [2.75, 3.05) is 10.6 Å². The summed E-state index contributed by atoms with van der Waals surface area (Å²) < 4.78 is 79.7. The molecule has 0 aliphatic heterocycles. The van der Waals surface area contributed by atoms with Crippen LogP contribution in [0, 0.1) is 32.1 Å². The number of halogens is 6. The third kappa shape index (κ3) is 6.24. The third-order valence-electron chi connectivity index (χ3n) is 5.58. The zero-order valence-electron chi connectivity index (χ0n) is 18.8. The molecule has 1 unspecified atom stereocenters. The summed E-state index contributed by atoms with van der Waals surface area (Å²) in [5.41, 5.74) is -6.84. The summed E-state index contributed by atoms with van der Waals surface area (Å²) in [6.07, 6.45) is -6.47. The maximum Gasteiger partial charge on any atom is 0.423 e. The van der Waals surface area contributed by atoms with E-state index in [1.54, 1.807) is 6.08 Å². The summed E-state index contributed by atoms with van der Waals surface area (Å²) >= 11 is 0. The molecule has 0 aromatic heterocycles. The number of amides is 2. The maximum absolute atomic E-state index is 13.3. The number of nitrogens with one attached hydrogen (secondary N) is 2. The van der Waals surface area contributed by atoms with Gasteiger partial charge in [-0.2, -0.15) is 26.3 Å². The second-order valence-electron chi connectivity index (χ2n) is 8.10.